The van der Waals surface area contributed by atoms with Crippen LogP contribution in [0, 0.1) is 6.10 Å². The molecule has 0 aromatic rings. The first kappa shape index (κ1) is 7.94. The first-order valence-electron chi connectivity index (χ1n) is 3.19. The maximum Gasteiger partial charge on any atom is 0.106 e. The van der Waals surface area contributed by atoms with Gasteiger partial charge in [0.1, 0.15) is 6.10 Å². The molecule has 4 N–H and O–H groups in total. The molecule has 0 aromatic carbocycles. The highest BCUT2D eigenvalue weighted by molar-refractivity contribution is 4.94. The Hall–Kier alpha value is -0.160. The van der Waals surface area contributed by atoms with Gasteiger partial charge in [-0.25, -0.2) is 0 Å². The van der Waals surface area contributed by atoms with Crippen molar-refractivity contribution in [3.05, 3.63) is 6.10 Å². The van der Waals surface area contributed by atoms with Gasteiger partial charge < -0.3 is 20.4 Å². The fourth-order valence-corrected chi connectivity index (χ4v) is 1.06. The van der Waals surface area contributed by atoms with Gasteiger partial charge in [-0.15, -0.1) is 0 Å². The first-order valence-corrected chi connectivity index (χ1v) is 3.19. The minimum absolute atomic E-state index is 0.0466. The second-order valence-electron chi connectivity index (χ2n) is 2.60. The second kappa shape index (κ2) is 2.84. The zero-order valence-electron chi connectivity index (χ0n) is 5.44. The van der Waals surface area contributed by atoms with Crippen molar-refractivity contribution in [1.82, 2.24) is 0 Å². The minimum atomic E-state index is -1.11. The molecule has 10 heavy (non-hydrogen) atoms. The lowest BCUT2D eigenvalue weighted by molar-refractivity contribution is -0.0936. The molecule has 0 spiro atoms. The molecule has 0 bridgehead atoms. The number of rotatable bonds is 0. The van der Waals surface area contributed by atoms with Crippen molar-refractivity contribution >= 4 is 0 Å². The van der Waals surface area contributed by atoms with Crippen LogP contribution in [0.15, 0.2) is 0 Å². The summed E-state index contributed by atoms with van der Waals surface area (Å²) in [4.78, 5) is 0. The summed E-state index contributed by atoms with van der Waals surface area (Å²) in [6.07, 6.45) is -2.98. The van der Waals surface area contributed by atoms with Gasteiger partial charge >= 0.3 is 0 Å². The maximum absolute atomic E-state index is 8.94. The van der Waals surface area contributed by atoms with E-state index in [4.69, 9.17) is 20.4 Å². The van der Waals surface area contributed by atoms with Crippen molar-refractivity contribution < 1.29 is 20.4 Å². The van der Waals surface area contributed by atoms with Crippen LogP contribution in [0.3, 0.4) is 0 Å². The SMILES string of the molecule is O[C]1C[C@@H](O)C(O)[C@H](O)C1. The Balaban J connectivity index is 2.49. The van der Waals surface area contributed by atoms with Gasteiger partial charge in [-0.2, -0.15) is 0 Å². The van der Waals surface area contributed by atoms with Crippen LogP contribution in [0.2, 0.25) is 0 Å². The molecule has 59 valence electrons. The summed E-state index contributed by atoms with van der Waals surface area (Å²) in [5, 5.41) is 35.6. The standard InChI is InChI=1S/C6H11O4/c7-3-1-4(8)6(10)5(9)2-3/h4-10H,1-2H2/t4-,5-/m1/s1. The van der Waals surface area contributed by atoms with Crippen LogP contribution in [0.5, 0.6) is 0 Å². The summed E-state index contributed by atoms with van der Waals surface area (Å²) in [6, 6.07) is 0. The zero-order valence-corrected chi connectivity index (χ0v) is 5.44. The molecule has 1 saturated carbocycles. The molecular formula is C6H11O4. The van der Waals surface area contributed by atoms with Crippen molar-refractivity contribution in [1.29, 1.82) is 0 Å². The molecule has 0 heterocycles. The molecule has 2 atom stereocenters. The Morgan fingerprint density at radius 3 is 1.80 bits per heavy atom. The van der Waals surface area contributed by atoms with E-state index in [1.807, 2.05) is 0 Å². The Morgan fingerprint density at radius 2 is 1.40 bits per heavy atom. The van der Waals surface area contributed by atoms with Crippen molar-refractivity contribution in [3.63, 3.8) is 0 Å². The average molecular weight is 147 g/mol. The van der Waals surface area contributed by atoms with Gasteiger partial charge in [0.05, 0.1) is 18.3 Å². The summed E-state index contributed by atoms with van der Waals surface area (Å²) in [7, 11) is 0. The second-order valence-corrected chi connectivity index (χ2v) is 2.60. The molecule has 0 saturated heterocycles. The molecule has 0 aromatic heterocycles. The normalized spacial score (nSPS) is 38.4. The molecule has 4 nitrogen and oxygen atoms in total. The van der Waals surface area contributed by atoms with Crippen molar-refractivity contribution in [2.24, 2.45) is 0 Å². The number of hydrogen-bond acceptors (Lipinski definition) is 4. The summed E-state index contributed by atoms with van der Waals surface area (Å²) in [5.74, 6) is 0. The third-order valence-electron chi connectivity index (χ3n) is 1.68. The highest BCUT2D eigenvalue weighted by Gasteiger charge is 2.34. The Kier molecular flexibility index (Phi) is 2.25. The smallest absolute Gasteiger partial charge is 0.106 e. The molecule has 1 aliphatic rings. The predicted molar refractivity (Wildman–Crippen MR) is 32.4 cm³/mol. The molecule has 1 aliphatic carbocycles. The van der Waals surface area contributed by atoms with E-state index in [1.54, 1.807) is 0 Å². The lowest BCUT2D eigenvalue weighted by Crippen LogP contribution is -2.43. The average Bonchev–Trinajstić information content (AvgIpc) is 1.82. The van der Waals surface area contributed by atoms with Crippen LogP contribution in [-0.2, 0) is 0 Å². The topological polar surface area (TPSA) is 80.9 Å². The van der Waals surface area contributed by atoms with E-state index in [2.05, 4.69) is 0 Å². The first-order chi connectivity index (χ1) is 4.61. The van der Waals surface area contributed by atoms with E-state index in [9.17, 15) is 0 Å². The van der Waals surface area contributed by atoms with E-state index in [1.165, 1.54) is 0 Å². The summed E-state index contributed by atoms with van der Waals surface area (Å²) < 4.78 is 0. The summed E-state index contributed by atoms with van der Waals surface area (Å²) >= 11 is 0. The largest absolute Gasteiger partial charge is 0.390 e. The van der Waals surface area contributed by atoms with Crippen LogP contribution in [0.4, 0.5) is 0 Å². The van der Waals surface area contributed by atoms with Crippen molar-refractivity contribution in [3.8, 4) is 0 Å². The van der Waals surface area contributed by atoms with Crippen molar-refractivity contribution in [2.75, 3.05) is 0 Å². The highest BCUT2D eigenvalue weighted by atomic mass is 16.4. The predicted octanol–water partition coefficient (Wildman–Crippen LogP) is -1.23. The number of hydrogen-bond donors (Lipinski definition) is 4. The minimum Gasteiger partial charge on any atom is -0.390 e. The fraction of sp³-hybridized carbons (Fsp3) is 0.833. The molecule has 0 aliphatic heterocycles. The monoisotopic (exact) mass is 147 g/mol. The summed E-state index contributed by atoms with van der Waals surface area (Å²) in [5.41, 5.74) is 0. The van der Waals surface area contributed by atoms with Crippen LogP contribution in [-0.4, -0.2) is 38.7 Å². The number of aliphatic hydroxyl groups excluding tert-OH is 4. The van der Waals surface area contributed by atoms with Crippen LogP contribution < -0.4 is 0 Å². The third kappa shape index (κ3) is 1.46. The zero-order chi connectivity index (χ0) is 7.72. The van der Waals surface area contributed by atoms with Gasteiger partial charge in [0, 0.05) is 12.8 Å². The molecule has 1 fully saturated rings. The van der Waals surface area contributed by atoms with Crippen LogP contribution in [0.25, 0.3) is 0 Å². The molecule has 0 unspecified atom stereocenters. The molecule has 1 radical (unpaired) electrons. The lowest BCUT2D eigenvalue weighted by Gasteiger charge is -2.30. The Bertz CT molecular complexity index is 104. The van der Waals surface area contributed by atoms with E-state index < -0.39 is 18.3 Å². The van der Waals surface area contributed by atoms with Crippen LogP contribution >= 0.6 is 0 Å². The van der Waals surface area contributed by atoms with E-state index in [0.717, 1.165) is 0 Å². The highest BCUT2D eigenvalue weighted by Crippen LogP contribution is 2.24. The van der Waals surface area contributed by atoms with E-state index in [0.29, 0.717) is 0 Å². The van der Waals surface area contributed by atoms with Gasteiger partial charge in [0.15, 0.2) is 0 Å². The lowest BCUT2D eigenvalue weighted by atomic mass is 9.90. The van der Waals surface area contributed by atoms with Crippen molar-refractivity contribution in [2.45, 2.75) is 31.2 Å². The molecule has 4 heteroatoms. The summed E-state index contributed by atoms with van der Waals surface area (Å²) in [6.45, 7) is 0. The van der Waals surface area contributed by atoms with Gasteiger partial charge in [0.25, 0.3) is 0 Å². The quantitative estimate of drug-likeness (QED) is 0.346. The molecular weight excluding hydrogens is 136 g/mol. The Morgan fingerprint density at radius 1 is 1.00 bits per heavy atom. The van der Waals surface area contributed by atoms with Gasteiger partial charge in [-0.05, 0) is 0 Å². The molecule has 1 rings (SSSR count). The van der Waals surface area contributed by atoms with Crippen LogP contribution in [0.1, 0.15) is 12.8 Å². The number of aliphatic hydroxyl groups is 4. The van der Waals surface area contributed by atoms with Gasteiger partial charge in [0.2, 0.25) is 0 Å². The van der Waals surface area contributed by atoms with E-state index >= 15 is 0 Å². The fourth-order valence-electron chi connectivity index (χ4n) is 1.06. The van der Waals surface area contributed by atoms with E-state index in [-0.39, 0.29) is 18.9 Å². The molecule has 0 amide bonds. The van der Waals surface area contributed by atoms with Gasteiger partial charge in [-0.3, -0.25) is 0 Å². The third-order valence-corrected chi connectivity index (χ3v) is 1.68. The maximum atomic E-state index is 8.94. The Labute approximate surface area is 58.7 Å². The van der Waals surface area contributed by atoms with Gasteiger partial charge in [-0.1, -0.05) is 0 Å².